The number of sulfone groups is 1. The van der Waals surface area contributed by atoms with Gasteiger partial charge in [-0.2, -0.15) is 0 Å². The van der Waals surface area contributed by atoms with Crippen LogP contribution in [0.4, 0.5) is 14.9 Å². The monoisotopic (exact) mass is 348 g/mol. The first-order valence-corrected chi connectivity index (χ1v) is 9.17. The van der Waals surface area contributed by atoms with Crippen molar-refractivity contribution in [2.45, 2.75) is 24.3 Å². The molecule has 0 fully saturated rings. The molecule has 1 atom stereocenters. The molecule has 0 aliphatic carbocycles. The fourth-order valence-electron chi connectivity index (χ4n) is 2.79. The maximum atomic E-state index is 13.3. The normalized spacial score (nSPS) is 18.5. The van der Waals surface area contributed by atoms with Gasteiger partial charge in [0.1, 0.15) is 5.82 Å². The van der Waals surface area contributed by atoms with Crippen molar-refractivity contribution in [3.8, 4) is 0 Å². The van der Waals surface area contributed by atoms with E-state index in [1.807, 2.05) is 0 Å². The van der Waals surface area contributed by atoms with Gasteiger partial charge in [0, 0.05) is 5.69 Å². The Hall–Kier alpha value is -2.41. The summed E-state index contributed by atoms with van der Waals surface area (Å²) in [5.41, 5.74) is 1.50. The Labute approximate surface area is 139 Å². The predicted molar refractivity (Wildman–Crippen MR) is 89.1 cm³/mol. The summed E-state index contributed by atoms with van der Waals surface area (Å²) < 4.78 is 37.5. The zero-order valence-corrected chi connectivity index (χ0v) is 13.9. The topological polar surface area (TPSA) is 75.3 Å². The Morgan fingerprint density at radius 2 is 1.96 bits per heavy atom. The van der Waals surface area contributed by atoms with Crippen molar-refractivity contribution < 1.29 is 17.6 Å². The van der Waals surface area contributed by atoms with E-state index in [9.17, 15) is 17.6 Å². The second kappa shape index (κ2) is 6.24. The number of urea groups is 1. The Kier molecular flexibility index (Phi) is 4.28. The van der Waals surface area contributed by atoms with E-state index in [4.69, 9.17) is 0 Å². The lowest BCUT2D eigenvalue weighted by molar-refractivity contribution is 0.248. The van der Waals surface area contributed by atoms with E-state index in [2.05, 4.69) is 10.6 Å². The minimum Gasteiger partial charge on any atom is -0.331 e. The number of carbonyl (C=O) groups excluding carboxylic acids is 1. The summed E-state index contributed by atoms with van der Waals surface area (Å²) in [7, 11) is -3.29. The first-order chi connectivity index (χ1) is 11.4. The van der Waals surface area contributed by atoms with E-state index in [-0.39, 0.29) is 22.5 Å². The highest BCUT2D eigenvalue weighted by molar-refractivity contribution is 7.91. The molecule has 5 nitrogen and oxygen atoms in total. The molecule has 1 heterocycles. The number of hydrogen-bond acceptors (Lipinski definition) is 3. The molecule has 2 N–H and O–H groups in total. The van der Waals surface area contributed by atoms with E-state index >= 15 is 0 Å². The maximum absolute atomic E-state index is 13.3. The molecule has 0 aromatic heterocycles. The number of amides is 2. The first-order valence-electron chi connectivity index (χ1n) is 7.52. The average molecular weight is 348 g/mol. The van der Waals surface area contributed by atoms with Crippen LogP contribution in [0.25, 0.3) is 0 Å². The van der Waals surface area contributed by atoms with E-state index in [1.54, 1.807) is 31.2 Å². The quantitative estimate of drug-likeness (QED) is 0.875. The number of benzene rings is 2. The number of hydrogen-bond donors (Lipinski definition) is 2. The minimum atomic E-state index is -3.29. The molecule has 2 amide bonds. The molecule has 0 unspecified atom stereocenters. The van der Waals surface area contributed by atoms with Crippen molar-refractivity contribution >= 4 is 21.6 Å². The van der Waals surface area contributed by atoms with Crippen molar-refractivity contribution in [2.75, 3.05) is 11.1 Å². The third-order valence-electron chi connectivity index (χ3n) is 4.03. The van der Waals surface area contributed by atoms with E-state index < -0.39 is 15.9 Å². The fraction of sp³-hybridized carbons (Fsp3) is 0.235. The molecule has 0 spiro atoms. The maximum Gasteiger partial charge on any atom is 0.319 e. The summed E-state index contributed by atoms with van der Waals surface area (Å²) >= 11 is 0. The van der Waals surface area contributed by atoms with Crippen molar-refractivity contribution in [3.63, 3.8) is 0 Å². The van der Waals surface area contributed by atoms with Gasteiger partial charge in [0.05, 0.1) is 16.7 Å². The Balaban J connectivity index is 1.76. The largest absolute Gasteiger partial charge is 0.331 e. The lowest BCUT2D eigenvalue weighted by atomic mass is 10.0. The van der Waals surface area contributed by atoms with Gasteiger partial charge in [-0.1, -0.05) is 18.2 Å². The van der Waals surface area contributed by atoms with Gasteiger partial charge in [-0.3, -0.25) is 0 Å². The van der Waals surface area contributed by atoms with E-state index in [0.717, 1.165) is 0 Å². The van der Waals surface area contributed by atoms with Gasteiger partial charge in [0.15, 0.2) is 9.84 Å². The lowest BCUT2D eigenvalue weighted by Gasteiger charge is -2.26. The van der Waals surface area contributed by atoms with Crippen LogP contribution in [0.15, 0.2) is 47.4 Å². The van der Waals surface area contributed by atoms with Crippen LogP contribution in [0.2, 0.25) is 0 Å². The number of carbonyl (C=O) groups is 1. The van der Waals surface area contributed by atoms with Gasteiger partial charge < -0.3 is 10.6 Å². The first kappa shape index (κ1) is 16.4. The van der Waals surface area contributed by atoms with Crippen molar-refractivity contribution in [2.24, 2.45) is 0 Å². The van der Waals surface area contributed by atoms with Crippen LogP contribution in [-0.4, -0.2) is 20.2 Å². The number of anilines is 1. The summed E-state index contributed by atoms with van der Waals surface area (Å²) in [5.74, 6) is -0.350. The standard InChI is InChI=1S/C17H17FN2O3S/c1-11-10-12(6-7-14(11)18)19-17(21)20-15-8-9-24(22,23)16-5-3-2-4-13(15)16/h2-7,10,15H,8-9H2,1H3,(H2,19,20,21)/t15-/m1/s1. The predicted octanol–water partition coefficient (Wildman–Crippen LogP) is 3.17. The summed E-state index contributed by atoms with van der Waals surface area (Å²) in [4.78, 5) is 12.4. The van der Waals surface area contributed by atoms with Gasteiger partial charge in [-0.15, -0.1) is 0 Å². The van der Waals surface area contributed by atoms with Crippen molar-refractivity contribution in [3.05, 3.63) is 59.4 Å². The van der Waals surface area contributed by atoms with Gasteiger partial charge in [-0.25, -0.2) is 17.6 Å². The third-order valence-corrected chi connectivity index (χ3v) is 5.84. The fourth-order valence-corrected chi connectivity index (χ4v) is 4.41. The molecule has 2 aromatic rings. The van der Waals surface area contributed by atoms with Crippen LogP contribution in [0, 0.1) is 12.7 Å². The average Bonchev–Trinajstić information content (AvgIpc) is 2.54. The molecule has 7 heteroatoms. The molecule has 0 saturated heterocycles. The second-order valence-corrected chi connectivity index (χ2v) is 7.84. The number of fused-ring (bicyclic) bond motifs is 1. The molecule has 1 aliphatic rings. The summed E-state index contributed by atoms with van der Waals surface area (Å²) in [6.45, 7) is 1.61. The van der Waals surface area contributed by atoms with Crippen LogP contribution in [0.3, 0.4) is 0 Å². The zero-order chi connectivity index (χ0) is 17.3. The summed E-state index contributed by atoms with van der Waals surface area (Å²) in [5, 5.41) is 5.43. The van der Waals surface area contributed by atoms with E-state index in [0.29, 0.717) is 23.2 Å². The zero-order valence-electron chi connectivity index (χ0n) is 13.0. The summed E-state index contributed by atoms with van der Waals surface area (Å²) in [6.07, 6.45) is 0.315. The van der Waals surface area contributed by atoms with Crippen LogP contribution in [0.5, 0.6) is 0 Å². The highest BCUT2D eigenvalue weighted by Crippen LogP contribution is 2.31. The minimum absolute atomic E-state index is 0.00931. The highest BCUT2D eigenvalue weighted by Gasteiger charge is 2.30. The van der Waals surface area contributed by atoms with E-state index in [1.165, 1.54) is 18.2 Å². The molecule has 0 saturated carbocycles. The Morgan fingerprint density at radius 3 is 2.71 bits per heavy atom. The molecule has 0 bridgehead atoms. The number of nitrogens with one attached hydrogen (secondary N) is 2. The second-order valence-electron chi connectivity index (χ2n) is 5.76. The molecule has 0 radical (unpaired) electrons. The molecular weight excluding hydrogens is 331 g/mol. The number of halogens is 1. The molecule has 24 heavy (non-hydrogen) atoms. The Bertz CT molecular complexity index is 896. The van der Waals surface area contributed by atoms with Gasteiger partial charge >= 0.3 is 6.03 Å². The number of aryl methyl sites for hydroxylation is 1. The van der Waals surface area contributed by atoms with Gasteiger partial charge in [-0.05, 0) is 48.7 Å². The highest BCUT2D eigenvalue weighted by atomic mass is 32.2. The third kappa shape index (κ3) is 3.26. The molecular formula is C17H17FN2O3S. The smallest absolute Gasteiger partial charge is 0.319 e. The summed E-state index contributed by atoms with van der Waals surface area (Å²) in [6, 6.07) is 10.1. The Morgan fingerprint density at radius 1 is 1.21 bits per heavy atom. The van der Waals surface area contributed by atoms with Gasteiger partial charge in [0.2, 0.25) is 0 Å². The van der Waals surface area contributed by atoms with Crippen molar-refractivity contribution in [1.29, 1.82) is 0 Å². The van der Waals surface area contributed by atoms with Gasteiger partial charge in [0.25, 0.3) is 0 Å². The van der Waals surface area contributed by atoms with Crippen LogP contribution < -0.4 is 10.6 Å². The molecule has 2 aromatic carbocycles. The number of rotatable bonds is 2. The molecule has 1 aliphatic heterocycles. The SMILES string of the molecule is Cc1cc(NC(=O)N[C@@H]2CCS(=O)(=O)c3ccccc32)ccc1F. The van der Waals surface area contributed by atoms with Crippen molar-refractivity contribution in [1.82, 2.24) is 5.32 Å². The van der Waals surface area contributed by atoms with Crippen LogP contribution in [-0.2, 0) is 9.84 Å². The lowest BCUT2D eigenvalue weighted by Crippen LogP contribution is -2.36. The van der Waals surface area contributed by atoms with Crippen LogP contribution >= 0.6 is 0 Å². The molecule has 126 valence electrons. The molecule has 3 rings (SSSR count). The van der Waals surface area contributed by atoms with Crippen LogP contribution in [0.1, 0.15) is 23.6 Å².